The molecule has 1 amide bonds. The van der Waals surface area contributed by atoms with Gasteiger partial charge in [0.05, 0.1) is 6.04 Å². The minimum atomic E-state index is -0.0637. The van der Waals surface area contributed by atoms with Crippen molar-refractivity contribution in [1.29, 1.82) is 0 Å². The zero-order valence-electron chi connectivity index (χ0n) is 9.77. The van der Waals surface area contributed by atoms with Crippen LogP contribution in [0.2, 0.25) is 0 Å². The lowest BCUT2D eigenvalue weighted by atomic mass is 9.88. The third-order valence-corrected chi connectivity index (χ3v) is 2.86. The van der Waals surface area contributed by atoms with Crippen LogP contribution in [0.4, 0.5) is 0 Å². The molecule has 0 saturated carbocycles. The number of rotatable bonds is 2. The zero-order chi connectivity index (χ0) is 12.3. The summed E-state index contributed by atoms with van der Waals surface area (Å²) < 4.78 is 0. The Morgan fingerprint density at radius 1 is 1.29 bits per heavy atom. The smallest absolute Gasteiger partial charge is 0.217 e. The van der Waals surface area contributed by atoms with E-state index in [9.17, 15) is 9.59 Å². The topological polar surface area (TPSA) is 46.2 Å². The van der Waals surface area contributed by atoms with Crippen molar-refractivity contribution in [1.82, 2.24) is 5.32 Å². The van der Waals surface area contributed by atoms with Gasteiger partial charge in [-0.3, -0.25) is 9.59 Å². The van der Waals surface area contributed by atoms with Gasteiger partial charge in [0.25, 0.3) is 0 Å². The Morgan fingerprint density at radius 3 is 2.65 bits per heavy atom. The van der Waals surface area contributed by atoms with E-state index in [1.807, 2.05) is 30.3 Å². The minimum Gasteiger partial charge on any atom is -0.350 e. The molecule has 0 heterocycles. The Labute approximate surface area is 101 Å². The second-order valence-electron chi connectivity index (χ2n) is 4.22. The van der Waals surface area contributed by atoms with Gasteiger partial charge in [-0.2, -0.15) is 0 Å². The lowest BCUT2D eigenvalue weighted by Crippen LogP contribution is -2.36. The summed E-state index contributed by atoms with van der Waals surface area (Å²) in [7, 11) is 0. The Hall–Kier alpha value is -1.90. The van der Waals surface area contributed by atoms with Crippen LogP contribution in [-0.2, 0) is 9.59 Å². The van der Waals surface area contributed by atoms with Gasteiger partial charge in [0.15, 0.2) is 5.78 Å². The van der Waals surface area contributed by atoms with Crippen LogP contribution in [0.1, 0.15) is 25.3 Å². The second-order valence-corrected chi connectivity index (χ2v) is 4.22. The molecule has 0 saturated heterocycles. The molecule has 1 atom stereocenters. The normalized spacial score (nSPS) is 19.7. The summed E-state index contributed by atoms with van der Waals surface area (Å²) in [6, 6.07) is 9.66. The van der Waals surface area contributed by atoms with Gasteiger partial charge in [-0.1, -0.05) is 30.3 Å². The quantitative estimate of drug-likeness (QED) is 0.842. The molecule has 1 aliphatic carbocycles. The number of hydrogen-bond acceptors (Lipinski definition) is 2. The molecule has 2 rings (SSSR count). The number of carbonyl (C=O) groups is 2. The van der Waals surface area contributed by atoms with Gasteiger partial charge in [0.1, 0.15) is 0 Å². The minimum absolute atomic E-state index is 0.0485. The molecule has 0 aliphatic heterocycles. The monoisotopic (exact) mass is 229 g/mol. The summed E-state index contributed by atoms with van der Waals surface area (Å²) in [5, 5.41) is 2.89. The predicted octanol–water partition coefficient (Wildman–Crippen LogP) is 1.94. The molecule has 1 aliphatic rings. The first-order valence-corrected chi connectivity index (χ1v) is 5.74. The lowest BCUT2D eigenvalue weighted by Gasteiger charge is -2.24. The second kappa shape index (κ2) is 4.95. The molecule has 1 N–H and O–H groups in total. The van der Waals surface area contributed by atoms with Crippen molar-refractivity contribution in [2.24, 2.45) is 0 Å². The first-order chi connectivity index (χ1) is 8.16. The van der Waals surface area contributed by atoms with Gasteiger partial charge in [-0.25, -0.2) is 0 Å². The maximum atomic E-state index is 11.5. The summed E-state index contributed by atoms with van der Waals surface area (Å²) in [5.41, 5.74) is 1.91. The third kappa shape index (κ3) is 2.81. The number of carbonyl (C=O) groups excluding carboxylic acids is 2. The fraction of sp³-hybridized carbons (Fsp3) is 0.286. The SMILES string of the molecule is CC(=O)N[C@H]1CCC(=O)C=C1c1ccccc1. The van der Waals surface area contributed by atoms with Crippen LogP contribution in [0.3, 0.4) is 0 Å². The van der Waals surface area contributed by atoms with E-state index in [4.69, 9.17) is 0 Å². The number of ketones is 1. The van der Waals surface area contributed by atoms with E-state index in [2.05, 4.69) is 5.32 Å². The van der Waals surface area contributed by atoms with Gasteiger partial charge in [0, 0.05) is 13.3 Å². The molecule has 0 fully saturated rings. The van der Waals surface area contributed by atoms with Crippen LogP contribution in [0, 0.1) is 0 Å². The predicted molar refractivity (Wildman–Crippen MR) is 66.3 cm³/mol. The van der Waals surface area contributed by atoms with Gasteiger partial charge >= 0.3 is 0 Å². The highest BCUT2D eigenvalue weighted by atomic mass is 16.1. The van der Waals surface area contributed by atoms with Crippen LogP contribution in [0.15, 0.2) is 36.4 Å². The van der Waals surface area contributed by atoms with Crippen LogP contribution in [0.25, 0.3) is 5.57 Å². The number of benzene rings is 1. The molecule has 0 unspecified atom stereocenters. The summed E-state index contributed by atoms with van der Waals surface area (Å²) >= 11 is 0. The van der Waals surface area contributed by atoms with Crippen molar-refractivity contribution in [2.75, 3.05) is 0 Å². The molecule has 1 aromatic carbocycles. The van der Waals surface area contributed by atoms with Crippen LogP contribution < -0.4 is 5.32 Å². The average molecular weight is 229 g/mol. The lowest BCUT2D eigenvalue weighted by molar-refractivity contribution is -0.120. The average Bonchev–Trinajstić information content (AvgIpc) is 2.32. The van der Waals surface area contributed by atoms with Crippen molar-refractivity contribution < 1.29 is 9.59 Å². The number of nitrogens with one attached hydrogen (secondary N) is 1. The van der Waals surface area contributed by atoms with E-state index in [1.54, 1.807) is 6.08 Å². The summed E-state index contributed by atoms with van der Waals surface area (Å²) in [4.78, 5) is 22.6. The van der Waals surface area contributed by atoms with Crippen LogP contribution >= 0.6 is 0 Å². The molecular formula is C14H15NO2. The largest absolute Gasteiger partial charge is 0.350 e. The van der Waals surface area contributed by atoms with Crippen molar-refractivity contribution in [2.45, 2.75) is 25.8 Å². The molecule has 3 heteroatoms. The van der Waals surface area contributed by atoms with E-state index >= 15 is 0 Å². The molecule has 17 heavy (non-hydrogen) atoms. The summed E-state index contributed by atoms with van der Waals surface area (Å²) in [5.74, 6) is 0.0663. The molecule has 0 aromatic heterocycles. The van der Waals surface area contributed by atoms with Crippen molar-refractivity contribution in [3.05, 3.63) is 42.0 Å². The Bertz CT molecular complexity index is 462. The van der Waals surface area contributed by atoms with E-state index in [1.165, 1.54) is 6.92 Å². The maximum Gasteiger partial charge on any atom is 0.217 e. The number of hydrogen-bond donors (Lipinski definition) is 1. The molecule has 0 spiro atoms. The highest BCUT2D eigenvalue weighted by Crippen LogP contribution is 2.25. The molecule has 0 bridgehead atoms. The standard InChI is InChI=1S/C14H15NO2/c1-10(16)15-14-8-7-12(17)9-13(14)11-5-3-2-4-6-11/h2-6,9,14H,7-8H2,1H3,(H,15,16)/t14-/m0/s1. The van der Waals surface area contributed by atoms with Crippen LogP contribution in [-0.4, -0.2) is 17.7 Å². The van der Waals surface area contributed by atoms with E-state index in [0.717, 1.165) is 11.1 Å². The summed E-state index contributed by atoms with van der Waals surface area (Å²) in [6.07, 6.45) is 2.83. The molecule has 3 nitrogen and oxygen atoms in total. The van der Waals surface area contributed by atoms with E-state index in [0.29, 0.717) is 12.8 Å². The van der Waals surface area contributed by atoms with Gasteiger partial charge in [-0.05, 0) is 23.6 Å². The van der Waals surface area contributed by atoms with Crippen LogP contribution in [0.5, 0.6) is 0 Å². The maximum absolute atomic E-state index is 11.5. The molecule has 88 valence electrons. The van der Waals surface area contributed by atoms with Crippen molar-refractivity contribution >= 4 is 17.3 Å². The van der Waals surface area contributed by atoms with Gasteiger partial charge in [-0.15, -0.1) is 0 Å². The van der Waals surface area contributed by atoms with Crippen molar-refractivity contribution in [3.8, 4) is 0 Å². The van der Waals surface area contributed by atoms with Crippen molar-refractivity contribution in [3.63, 3.8) is 0 Å². The molecule has 1 aromatic rings. The van der Waals surface area contributed by atoms with Gasteiger partial charge < -0.3 is 5.32 Å². The Kier molecular flexibility index (Phi) is 3.38. The zero-order valence-corrected chi connectivity index (χ0v) is 9.77. The Balaban J connectivity index is 2.32. The first kappa shape index (κ1) is 11.6. The van der Waals surface area contributed by atoms with E-state index in [-0.39, 0.29) is 17.7 Å². The van der Waals surface area contributed by atoms with Gasteiger partial charge in [0.2, 0.25) is 5.91 Å². The Morgan fingerprint density at radius 2 is 2.00 bits per heavy atom. The first-order valence-electron chi connectivity index (χ1n) is 5.74. The third-order valence-electron chi connectivity index (χ3n) is 2.86. The fourth-order valence-corrected chi connectivity index (χ4v) is 2.10. The van der Waals surface area contributed by atoms with E-state index < -0.39 is 0 Å². The summed E-state index contributed by atoms with van der Waals surface area (Å²) in [6.45, 7) is 1.50. The fourth-order valence-electron chi connectivity index (χ4n) is 2.10. The molecular weight excluding hydrogens is 214 g/mol. The highest BCUT2D eigenvalue weighted by molar-refractivity contribution is 6.00. The number of amides is 1. The number of allylic oxidation sites excluding steroid dienone is 1. The highest BCUT2D eigenvalue weighted by Gasteiger charge is 2.22. The molecule has 0 radical (unpaired) electrons.